The van der Waals surface area contributed by atoms with Crippen molar-refractivity contribution in [2.75, 3.05) is 25.5 Å². The van der Waals surface area contributed by atoms with E-state index in [2.05, 4.69) is 15.0 Å². The summed E-state index contributed by atoms with van der Waals surface area (Å²) in [7, 11) is 3.82. The molecule has 0 saturated carbocycles. The van der Waals surface area contributed by atoms with E-state index in [1.165, 1.54) is 0 Å². The lowest BCUT2D eigenvalue weighted by atomic mass is 10.4. The zero-order chi connectivity index (χ0) is 12.3. The summed E-state index contributed by atoms with van der Waals surface area (Å²) >= 11 is 0. The molecule has 0 bridgehead atoms. The van der Waals surface area contributed by atoms with Crippen LogP contribution < -0.4 is 10.6 Å². The van der Waals surface area contributed by atoms with Gasteiger partial charge in [-0.25, -0.2) is 9.97 Å². The van der Waals surface area contributed by atoms with E-state index in [0.717, 1.165) is 18.1 Å². The standard InChI is InChI=1S/C11H16N6/c1-16(2)11-14-6-4-10(15-11)17-8-7-13-9(17)3-5-12/h4,6-8H,3,5,12H2,1-2H3. The molecule has 2 aromatic rings. The van der Waals surface area contributed by atoms with E-state index in [1.54, 1.807) is 12.4 Å². The first-order valence-corrected chi connectivity index (χ1v) is 5.45. The number of nitrogens with zero attached hydrogens (tertiary/aromatic N) is 5. The number of hydrogen-bond donors (Lipinski definition) is 1. The Morgan fingerprint density at radius 1 is 1.29 bits per heavy atom. The SMILES string of the molecule is CN(C)c1nccc(-n2ccnc2CCN)n1. The summed E-state index contributed by atoms with van der Waals surface area (Å²) in [5.74, 6) is 2.40. The highest BCUT2D eigenvalue weighted by Crippen LogP contribution is 2.10. The van der Waals surface area contributed by atoms with Crippen LogP contribution in [-0.2, 0) is 6.42 Å². The first-order valence-electron chi connectivity index (χ1n) is 5.45. The zero-order valence-corrected chi connectivity index (χ0v) is 10.0. The summed E-state index contributed by atoms with van der Waals surface area (Å²) in [6.45, 7) is 0.572. The summed E-state index contributed by atoms with van der Waals surface area (Å²) in [5, 5.41) is 0. The first kappa shape index (κ1) is 11.5. The van der Waals surface area contributed by atoms with Crippen molar-refractivity contribution < 1.29 is 0 Å². The number of anilines is 1. The maximum Gasteiger partial charge on any atom is 0.226 e. The van der Waals surface area contributed by atoms with Gasteiger partial charge in [-0.3, -0.25) is 4.57 Å². The second-order valence-electron chi connectivity index (χ2n) is 3.86. The van der Waals surface area contributed by atoms with E-state index >= 15 is 0 Å². The number of nitrogens with two attached hydrogens (primary N) is 1. The number of hydrogen-bond acceptors (Lipinski definition) is 5. The van der Waals surface area contributed by atoms with Crippen molar-refractivity contribution in [3.05, 3.63) is 30.5 Å². The molecule has 17 heavy (non-hydrogen) atoms. The van der Waals surface area contributed by atoms with Gasteiger partial charge in [-0.05, 0) is 12.6 Å². The van der Waals surface area contributed by atoms with Gasteiger partial charge in [-0.2, -0.15) is 4.98 Å². The van der Waals surface area contributed by atoms with Gasteiger partial charge >= 0.3 is 0 Å². The molecule has 2 rings (SSSR count). The van der Waals surface area contributed by atoms with Crippen LogP contribution in [-0.4, -0.2) is 40.2 Å². The van der Waals surface area contributed by atoms with Gasteiger partial charge in [-0.1, -0.05) is 0 Å². The van der Waals surface area contributed by atoms with Crippen molar-refractivity contribution in [1.82, 2.24) is 19.5 Å². The van der Waals surface area contributed by atoms with Crippen LogP contribution in [0.1, 0.15) is 5.82 Å². The lowest BCUT2D eigenvalue weighted by Crippen LogP contribution is -2.15. The Kier molecular flexibility index (Phi) is 3.34. The minimum Gasteiger partial charge on any atom is -0.347 e. The van der Waals surface area contributed by atoms with E-state index in [1.807, 2.05) is 35.8 Å². The van der Waals surface area contributed by atoms with Crippen LogP contribution in [0, 0.1) is 0 Å². The van der Waals surface area contributed by atoms with E-state index in [9.17, 15) is 0 Å². The Bertz CT molecular complexity index is 490. The third-order valence-corrected chi connectivity index (χ3v) is 2.36. The van der Waals surface area contributed by atoms with E-state index in [-0.39, 0.29) is 0 Å². The highest BCUT2D eigenvalue weighted by Gasteiger charge is 2.07. The molecule has 0 aliphatic carbocycles. The molecule has 90 valence electrons. The number of imidazole rings is 1. The van der Waals surface area contributed by atoms with Crippen molar-refractivity contribution in [2.45, 2.75) is 6.42 Å². The molecule has 0 aliphatic rings. The molecule has 2 aromatic heterocycles. The molecule has 6 heteroatoms. The van der Waals surface area contributed by atoms with Crippen LogP contribution in [0.15, 0.2) is 24.7 Å². The van der Waals surface area contributed by atoms with Crippen LogP contribution in [0.3, 0.4) is 0 Å². The van der Waals surface area contributed by atoms with E-state index in [0.29, 0.717) is 12.5 Å². The molecule has 0 fully saturated rings. The smallest absolute Gasteiger partial charge is 0.226 e. The monoisotopic (exact) mass is 232 g/mol. The highest BCUT2D eigenvalue weighted by molar-refractivity contribution is 5.34. The largest absolute Gasteiger partial charge is 0.347 e. The lowest BCUT2D eigenvalue weighted by Gasteiger charge is -2.12. The van der Waals surface area contributed by atoms with E-state index in [4.69, 9.17) is 5.73 Å². The molecule has 2 N–H and O–H groups in total. The fourth-order valence-corrected chi connectivity index (χ4v) is 1.55. The Balaban J connectivity index is 2.38. The highest BCUT2D eigenvalue weighted by atomic mass is 15.2. The molecule has 0 unspecified atom stereocenters. The Morgan fingerprint density at radius 2 is 2.12 bits per heavy atom. The molecule has 0 aromatic carbocycles. The van der Waals surface area contributed by atoms with Crippen molar-refractivity contribution in [1.29, 1.82) is 0 Å². The van der Waals surface area contributed by atoms with Crippen molar-refractivity contribution >= 4 is 5.95 Å². The van der Waals surface area contributed by atoms with Gasteiger partial charge in [0.25, 0.3) is 0 Å². The third-order valence-electron chi connectivity index (χ3n) is 2.36. The fraction of sp³-hybridized carbons (Fsp3) is 0.364. The van der Waals surface area contributed by atoms with Crippen LogP contribution in [0.4, 0.5) is 5.95 Å². The second kappa shape index (κ2) is 4.92. The molecule has 0 spiro atoms. The molecular weight excluding hydrogens is 216 g/mol. The third kappa shape index (κ3) is 2.42. The van der Waals surface area contributed by atoms with Gasteiger partial charge in [0, 0.05) is 39.1 Å². The number of rotatable bonds is 4. The van der Waals surface area contributed by atoms with Gasteiger partial charge in [0.05, 0.1) is 0 Å². The second-order valence-corrected chi connectivity index (χ2v) is 3.86. The van der Waals surface area contributed by atoms with Crippen LogP contribution in [0.2, 0.25) is 0 Å². The summed E-state index contributed by atoms with van der Waals surface area (Å²) in [6.07, 6.45) is 6.10. The van der Waals surface area contributed by atoms with Crippen LogP contribution >= 0.6 is 0 Å². The average molecular weight is 232 g/mol. The van der Waals surface area contributed by atoms with Gasteiger partial charge in [0.1, 0.15) is 11.6 Å². The van der Waals surface area contributed by atoms with Crippen LogP contribution in [0.5, 0.6) is 0 Å². The Morgan fingerprint density at radius 3 is 2.82 bits per heavy atom. The van der Waals surface area contributed by atoms with E-state index < -0.39 is 0 Å². The summed E-state index contributed by atoms with van der Waals surface area (Å²) in [5.41, 5.74) is 5.55. The fourth-order valence-electron chi connectivity index (χ4n) is 1.55. The van der Waals surface area contributed by atoms with Gasteiger partial charge in [-0.15, -0.1) is 0 Å². The maximum absolute atomic E-state index is 5.55. The topological polar surface area (TPSA) is 72.9 Å². The normalized spacial score (nSPS) is 10.5. The van der Waals surface area contributed by atoms with Crippen molar-refractivity contribution in [3.63, 3.8) is 0 Å². The Labute approximate surface area is 100 Å². The minimum absolute atomic E-state index is 0.572. The maximum atomic E-state index is 5.55. The molecule has 0 radical (unpaired) electrons. The predicted octanol–water partition coefficient (Wildman–Crippen LogP) is 0.229. The first-order chi connectivity index (χ1) is 8.22. The molecule has 2 heterocycles. The minimum atomic E-state index is 0.572. The van der Waals surface area contributed by atoms with Crippen molar-refractivity contribution in [3.8, 4) is 5.82 Å². The van der Waals surface area contributed by atoms with Crippen molar-refractivity contribution in [2.24, 2.45) is 5.73 Å². The summed E-state index contributed by atoms with van der Waals surface area (Å²) < 4.78 is 1.93. The quantitative estimate of drug-likeness (QED) is 0.817. The summed E-state index contributed by atoms with van der Waals surface area (Å²) in [6, 6.07) is 1.86. The lowest BCUT2D eigenvalue weighted by molar-refractivity contribution is 0.816. The average Bonchev–Trinajstić information content (AvgIpc) is 2.78. The van der Waals surface area contributed by atoms with Gasteiger partial charge in [0.2, 0.25) is 5.95 Å². The van der Waals surface area contributed by atoms with Gasteiger partial charge in [0.15, 0.2) is 0 Å². The molecule has 6 nitrogen and oxygen atoms in total. The molecule has 0 atom stereocenters. The molecule has 0 amide bonds. The Hall–Kier alpha value is -1.95. The summed E-state index contributed by atoms with van der Waals surface area (Å²) in [4.78, 5) is 14.8. The zero-order valence-electron chi connectivity index (χ0n) is 10.0. The van der Waals surface area contributed by atoms with Gasteiger partial charge < -0.3 is 10.6 Å². The molecular formula is C11H16N6. The predicted molar refractivity (Wildman–Crippen MR) is 66.2 cm³/mol. The molecule has 0 aliphatic heterocycles. The van der Waals surface area contributed by atoms with Crippen LogP contribution in [0.25, 0.3) is 5.82 Å². The molecule has 0 saturated heterocycles. The number of aromatic nitrogens is 4.